The predicted octanol–water partition coefficient (Wildman–Crippen LogP) is 4.84. The van der Waals surface area contributed by atoms with Gasteiger partial charge in [-0.05, 0) is 54.7 Å². The first-order chi connectivity index (χ1) is 11.2. The van der Waals surface area contributed by atoms with Crippen LogP contribution >= 0.6 is 28.1 Å². The zero-order chi connectivity index (χ0) is 16.1. The van der Waals surface area contributed by atoms with Gasteiger partial charge in [-0.15, -0.1) is 0 Å². The summed E-state index contributed by atoms with van der Waals surface area (Å²) in [5, 5.41) is 3.83. The highest BCUT2D eigenvalue weighted by Gasteiger charge is 2.14. The lowest BCUT2D eigenvalue weighted by Gasteiger charge is -2.24. The summed E-state index contributed by atoms with van der Waals surface area (Å²) >= 11 is 9.05. The average molecular weight is 388 g/mol. The molecule has 0 fully saturated rings. The van der Waals surface area contributed by atoms with Gasteiger partial charge in [0.1, 0.15) is 5.76 Å². The van der Waals surface area contributed by atoms with Crippen molar-refractivity contribution >= 4 is 44.6 Å². The lowest BCUT2D eigenvalue weighted by molar-refractivity contribution is 0.512. The SMILES string of the molecule is S=C(Nc1cccc(Br)c1)N(Cc1ccco1)c1cccnc1. The van der Waals surface area contributed by atoms with Crippen molar-refractivity contribution in [2.45, 2.75) is 6.54 Å². The Kier molecular flexibility index (Phi) is 5.05. The molecule has 23 heavy (non-hydrogen) atoms. The number of rotatable bonds is 4. The van der Waals surface area contributed by atoms with Crippen molar-refractivity contribution in [3.63, 3.8) is 0 Å². The van der Waals surface area contributed by atoms with Crippen molar-refractivity contribution < 1.29 is 4.42 Å². The van der Waals surface area contributed by atoms with E-state index in [1.807, 2.05) is 53.4 Å². The smallest absolute Gasteiger partial charge is 0.178 e. The van der Waals surface area contributed by atoms with E-state index in [1.165, 1.54) is 0 Å². The first-order valence-corrected chi connectivity index (χ1v) is 8.19. The second-order valence-corrected chi connectivity index (χ2v) is 6.12. The molecule has 3 rings (SSSR count). The summed E-state index contributed by atoms with van der Waals surface area (Å²) in [6.45, 7) is 0.526. The Bertz CT molecular complexity index is 778. The minimum Gasteiger partial charge on any atom is -0.467 e. The second kappa shape index (κ2) is 7.39. The Morgan fingerprint density at radius 1 is 1.22 bits per heavy atom. The van der Waals surface area contributed by atoms with Gasteiger partial charge in [-0.25, -0.2) is 0 Å². The highest BCUT2D eigenvalue weighted by molar-refractivity contribution is 9.10. The molecule has 1 aromatic carbocycles. The molecule has 4 nitrogen and oxygen atoms in total. The largest absolute Gasteiger partial charge is 0.467 e. The van der Waals surface area contributed by atoms with E-state index in [9.17, 15) is 0 Å². The number of anilines is 2. The van der Waals surface area contributed by atoms with Crippen LogP contribution in [0.3, 0.4) is 0 Å². The van der Waals surface area contributed by atoms with E-state index >= 15 is 0 Å². The molecule has 0 saturated heterocycles. The number of thiocarbonyl (C=S) groups is 1. The van der Waals surface area contributed by atoms with Gasteiger partial charge in [0.2, 0.25) is 0 Å². The van der Waals surface area contributed by atoms with Gasteiger partial charge < -0.3 is 14.6 Å². The van der Waals surface area contributed by atoms with Crippen LogP contribution in [-0.2, 0) is 6.54 Å². The van der Waals surface area contributed by atoms with Gasteiger partial charge in [0.25, 0.3) is 0 Å². The van der Waals surface area contributed by atoms with Crippen LogP contribution in [0.25, 0.3) is 0 Å². The summed E-state index contributed by atoms with van der Waals surface area (Å²) in [5.74, 6) is 0.826. The summed E-state index contributed by atoms with van der Waals surface area (Å²) < 4.78 is 6.44. The van der Waals surface area contributed by atoms with Gasteiger partial charge in [-0.3, -0.25) is 4.98 Å². The van der Waals surface area contributed by atoms with E-state index in [4.69, 9.17) is 16.6 Å². The molecule has 2 heterocycles. The molecule has 0 unspecified atom stereocenters. The first kappa shape index (κ1) is 15.7. The maximum atomic E-state index is 5.59. The van der Waals surface area contributed by atoms with Crippen LogP contribution in [0.4, 0.5) is 11.4 Å². The zero-order valence-electron chi connectivity index (χ0n) is 12.1. The Balaban J connectivity index is 1.83. The van der Waals surface area contributed by atoms with E-state index < -0.39 is 0 Å². The maximum absolute atomic E-state index is 5.59. The Hall–Kier alpha value is -2.18. The molecule has 0 aliphatic carbocycles. The maximum Gasteiger partial charge on any atom is 0.178 e. The number of pyridine rings is 1. The number of hydrogen-bond acceptors (Lipinski definition) is 3. The Morgan fingerprint density at radius 2 is 2.13 bits per heavy atom. The Morgan fingerprint density at radius 3 is 2.83 bits per heavy atom. The molecular weight excluding hydrogens is 374 g/mol. The number of aromatic nitrogens is 1. The van der Waals surface area contributed by atoms with Gasteiger partial charge in [0, 0.05) is 16.4 Å². The topological polar surface area (TPSA) is 41.3 Å². The van der Waals surface area contributed by atoms with Gasteiger partial charge in [0.05, 0.1) is 24.7 Å². The lowest BCUT2D eigenvalue weighted by Crippen LogP contribution is -2.34. The van der Waals surface area contributed by atoms with Crippen molar-refractivity contribution in [2.24, 2.45) is 0 Å². The fourth-order valence-corrected chi connectivity index (χ4v) is 2.80. The molecular formula is C17H14BrN3OS. The molecule has 0 saturated carbocycles. The summed E-state index contributed by atoms with van der Waals surface area (Å²) in [6, 6.07) is 15.5. The molecule has 6 heteroatoms. The van der Waals surface area contributed by atoms with Crippen molar-refractivity contribution in [1.29, 1.82) is 0 Å². The molecule has 0 spiro atoms. The molecule has 2 aromatic heterocycles. The van der Waals surface area contributed by atoms with Crippen molar-refractivity contribution in [3.05, 3.63) is 77.4 Å². The molecule has 0 radical (unpaired) electrons. The zero-order valence-corrected chi connectivity index (χ0v) is 14.5. The summed E-state index contributed by atoms with van der Waals surface area (Å²) in [5.41, 5.74) is 1.81. The van der Waals surface area contributed by atoms with Crippen molar-refractivity contribution in [3.8, 4) is 0 Å². The Labute approximate surface area is 148 Å². The van der Waals surface area contributed by atoms with Crippen LogP contribution in [0.2, 0.25) is 0 Å². The van der Waals surface area contributed by atoms with Crippen molar-refractivity contribution in [2.75, 3.05) is 10.2 Å². The molecule has 0 aliphatic rings. The highest BCUT2D eigenvalue weighted by Crippen LogP contribution is 2.20. The second-order valence-electron chi connectivity index (χ2n) is 4.82. The number of benzene rings is 1. The third kappa shape index (κ3) is 4.18. The van der Waals surface area contributed by atoms with Crippen LogP contribution in [0.15, 0.2) is 76.1 Å². The summed E-state index contributed by atoms with van der Waals surface area (Å²) in [7, 11) is 0. The summed E-state index contributed by atoms with van der Waals surface area (Å²) in [4.78, 5) is 6.12. The predicted molar refractivity (Wildman–Crippen MR) is 99.5 cm³/mol. The fourth-order valence-electron chi connectivity index (χ4n) is 2.11. The van der Waals surface area contributed by atoms with Crippen LogP contribution < -0.4 is 10.2 Å². The van der Waals surface area contributed by atoms with Crippen molar-refractivity contribution in [1.82, 2.24) is 4.98 Å². The normalized spacial score (nSPS) is 10.3. The van der Waals surface area contributed by atoms with E-state index in [-0.39, 0.29) is 0 Å². The van der Waals surface area contributed by atoms with Gasteiger partial charge in [-0.1, -0.05) is 22.0 Å². The van der Waals surface area contributed by atoms with Crippen LogP contribution in [-0.4, -0.2) is 10.1 Å². The fraction of sp³-hybridized carbons (Fsp3) is 0.0588. The number of nitrogens with zero attached hydrogens (tertiary/aromatic N) is 2. The standard InChI is InChI=1S/C17H14BrN3OS/c18-13-4-1-5-14(10-13)20-17(23)21(12-16-7-3-9-22-16)15-6-2-8-19-11-15/h1-11H,12H2,(H,20,23). The third-order valence-corrected chi connectivity index (χ3v) is 3.99. The van der Waals surface area contributed by atoms with Crippen LogP contribution in [0.1, 0.15) is 5.76 Å². The van der Waals surface area contributed by atoms with Crippen LogP contribution in [0, 0.1) is 0 Å². The highest BCUT2D eigenvalue weighted by atomic mass is 79.9. The molecule has 0 bridgehead atoms. The van der Waals surface area contributed by atoms with Gasteiger partial charge in [-0.2, -0.15) is 0 Å². The minimum absolute atomic E-state index is 0.526. The van der Waals surface area contributed by atoms with Gasteiger partial charge in [0.15, 0.2) is 5.11 Å². The quantitative estimate of drug-likeness (QED) is 0.648. The average Bonchev–Trinajstić information content (AvgIpc) is 3.06. The van der Waals surface area contributed by atoms with E-state index in [1.54, 1.807) is 18.7 Å². The number of hydrogen-bond donors (Lipinski definition) is 1. The van der Waals surface area contributed by atoms with Crippen LogP contribution in [0.5, 0.6) is 0 Å². The minimum atomic E-state index is 0.526. The third-order valence-electron chi connectivity index (χ3n) is 3.17. The molecule has 0 atom stereocenters. The van der Waals surface area contributed by atoms with E-state index in [0.717, 1.165) is 21.6 Å². The molecule has 1 N–H and O–H groups in total. The van der Waals surface area contributed by atoms with E-state index in [2.05, 4.69) is 26.2 Å². The first-order valence-electron chi connectivity index (χ1n) is 6.99. The molecule has 0 aliphatic heterocycles. The number of furan rings is 1. The number of nitrogens with one attached hydrogen (secondary N) is 1. The summed E-state index contributed by atoms with van der Waals surface area (Å²) in [6.07, 6.45) is 5.17. The number of halogens is 1. The molecule has 116 valence electrons. The lowest BCUT2D eigenvalue weighted by atomic mass is 10.3. The monoisotopic (exact) mass is 387 g/mol. The molecule has 0 amide bonds. The van der Waals surface area contributed by atoms with E-state index in [0.29, 0.717) is 11.7 Å². The van der Waals surface area contributed by atoms with Gasteiger partial charge >= 0.3 is 0 Å². The molecule has 3 aromatic rings.